The Hall–Kier alpha value is -1.91. The second-order valence-corrected chi connectivity index (χ2v) is 6.06. The van der Waals surface area contributed by atoms with Gasteiger partial charge in [0.1, 0.15) is 11.3 Å². The Kier molecular flexibility index (Phi) is 3.56. The highest BCUT2D eigenvalue weighted by Crippen LogP contribution is 2.33. The summed E-state index contributed by atoms with van der Waals surface area (Å²) in [7, 11) is 0. The molecule has 4 rings (SSSR count). The first-order valence-corrected chi connectivity index (χ1v) is 7.96. The van der Waals surface area contributed by atoms with Gasteiger partial charge in [-0.1, -0.05) is 41.9 Å². The first-order valence-electron chi connectivity index (χ1n) is 7.58. The lowest BCUT2D eigenvalue weighted by Gasteiger charge is -2.23. The number of hydrogen-bond donors (Lipinski definition) is 0. The molecule has 1 atom stereocenters. The minimum Gasteiger partial charge on any atom is -0.298 e. The van der Waals surface area contributed by atoms with Crippen molar-refractivity contribution >= 4 is 17.1 Å². The quantitative estimate of drug-likeness (QED) is 0.739. The molecule has 4 nitrogen and oxygen atoms in total. The van der Waals surface area contributed by atoms with Crippen LogP contribution in [0, 0.1) is 0 Å². The third-order valence-electron chi connectivity index (χ3n) is 4.33. The Morgan fingerprint density at radius 1 is 1.18 bits per heavy atom. The van der Waals surface area contributed by atoms with Crippen molar-refractivity contribution < 1.29 is 0 Å². The zero-order chi connectivity index (χ0) is 14.9. The van der Waals surface area contributed by atoms with Crippen molar-refractivity contribution in [3.8, 4) is 0 Å². The highest BCUT2D eigenvalue weighted by Gasteiger charge is 2.29. The van der Waals surface area contributed by atoms with Crippen LogP contribution in [0.25, 0.3) is 5.52 Å². The Bertz CT molecular complexity index is 784. The van der Waals surface area contributed by atoms with E-state index in [1.54, 1.807) is 6.20 Å². The van der Waals surface area contributed by atoms with Crippen LogP contribution in [0.15, 0.2) is 48.9 Å². The fourth-order valence-electron chi connectivity index (χ4n) is 3.29. The van der Waals surface area contributed by atoms with Gasteiger partial charge in [0, 0.05) is 18.9 Å². The molecule has 2 aromatic heterocycles. The Balaban J connectivity index is 1.66. The van der Waals surface area contributed by atoms with Crippen LogP contribution in [0.2, 0.25) is 5.15 Å². The summed E-state index contributed by atoms with van der Waals surface area (Å²) in [5.74, 6) is 1.06. The van der Waals surface area contributed by atoms with Crippen molar-refractivity contribution in [1.29, 1.82) is 0 Å². The van der Waals surface area contributed by atoms with Gasteiger partial charge in [-0.25, -0.2) is 9.97 Å². The summed E-state index contributed by atoms with van der Waals surface area (Å²) in [6.07, 6.45) is 7.83. The molecule has 1 saturated heterocycles. The number of aromatic nitrogens is 3. The number of nitrogens with zero attached hydrogens (tertiary/aromatic N) is 4. The number of likely N-dealkylation sites (tertiary alicyclic amines) is 1. The van der Waals surface area contributed by atoms with E-state index < -0.39 is 0 Å². The first kappa shape index (κ1) is 13.7. The minimum atomic E-state index is 0.334. The molecular weight excluding hydrogens is 296 g/mol. The van der Waals surface area contributed by atoms with Gasteiger partial charge in [0.05, 0.1) is 12.2 Å². The van der Waals surface area contributed by atoms with Crippen molar-refractivity contribution in [2.24, 2.45) is 0 Å². The van der Waals surface area contributed by atoms with E-state index in [1.807, 2.05) is 12.4 Å². The molecule has 0 aliphatic carbocycles. The average Bonchev–Trinajstić information content (AvgIpc) is 3.15. The van der Waals surface area contributed by atoms with Crippen LogP contribution in [0.4, 0.5) is 0 Å². The molecule has 5 heteroatoms. The molecule has 22 heavy (non-hydrogen) atoms. The summed E-state index contributed by atoms with van der Waals surface area (Å²) in [5.41, 5.74) is 2.22. The van der Waals surface area contributed by atoms with Gasteiger partial charge < -0.3 is 0 Å². The summed E-state index contributed by atoms with van der Waals surface area (Å²) < 4.78 is 2.07. The Morgan fingerprint density at radius 2 is 2.05 bits per heavy atom. The summed E-state index contributed by atoms with van der Waals surface area (Å²) in [6, 6.07) is 10.9. The van der Waals surface area contributed by atoms with E-state index in [0.717, 1.165) is 30.9 Å². The maximum Gasteiger partial charge on any atom is 0.154 e. The van der Waals surface area contributed by atoms with E-state index in [9.17, 15) is 0 Å². The molecule has 0 N–H and O–H groups in total. The van der Waals surface area contributed by atoms with Crippen molar-refractivity contribution in [1.82, 2.24) is 19.3 Å². The normalized spacial score (nSPS) is 19.0. The lowest BCUT2D eigenvalue weighted by molar-refractivity contribution is 0.239. The van der Waals surface area contributed by atoms with E-state index >= 15 is 0 Å². The van der Waals surface area contributed by atoms with Crippen LogP contribution in [-0.2, 0) is 6.54 Å². The van der Waals surface area contributed by atoms with E-state index in [2.05, 4.69) is 49.6 Å². The molecule has 1 aromatic carbocycles. The molecule has 1 aliphatic heterocycles. The number of rotatable bonds is 3. The lowest BCUT2D eigenvalue weighted by Crippen LogP contribution is -2.24. The van der Waals surface area contributed by atoms with Gasteiger partial charge >= 0.3 is 0 Å². The number of halogens is 1. The molecule has 3 heterocycles. The largest absolute Gasteiger partial charge is 0.298 e. The highest BCUT2D eigenvalue weighted by atomic mass is 35.5. The Labute approximate surface area is 134 Å². The molecule has 0 bridgehead atoms. The van der Waals surface area contributed by atoms with Crippen LogP contribution in [0.3, 0.4) is 0 Å². The number of imidazole rings is 1. The predicted octanol–water partition coefficient (Wildman–Crippen LogP) is 3.72. The summed E-state index contributed by atoms with van der Waals surface area (Å²) in [4.78, 5) is 11.3. The third kappa shape index (κ3) is 2.38. The minimum absolute atomic E-state index is 0.334. The monoisotopic (exact) mass is 312 g/mol. The van der Waals surface area contributed by atoms with E-state index in [-0.39, 0.29) is 0 Å². The zero-order valence-corrected chi connectivity index (χ0v) is 12.9. The molecule has 0 unspecified atom stereocenters. The molecular formula is C17H17ClN4. The smallest absolute Gasteiger partial charge is 0.154 e. The molecule has 0 saturated carbocycles. The molecule has 0 spiro atoms. The summed E-state index contributed by atoms with van der Waals surface area (Å²) in [6.45, 7) is 2.06. The molecule has 1 fully saturated rings. The van der Waals surface area contributed by atoms with Crippen LogP contribution >= 0.6 is 11.6 Å². The third-order valence-corrected chi connectivity index (χ3v) is 4.62. The molecule has 0 amide bonds. The second kappa shape index (κ2) is 5.71. The van der Waals surface area contributed by atoms with Crippen LogP contribution in [0.1, 0.15) is 30.3 Å². The standard InChI is InChI=1S/C17H17ClN4/c18-16-15-11-20-17(22(15)10-8-19-16)14-7-4-9-21(14)12-13-5-2-1-3-6-13/h1-3,5-6,8,10-11,14H,4,7,9,12H2/t14-/m0/s1. The SMILES string of the molecule is Clc1nccn2c([C@@H]3CCCN3Cc3ccccc3)ncc12. The van der Waals surface area contributed by atoms with Gasteiger partial charge in [-0.15, -0.1) is 0 Å². The van der Waals surface area contributed by atoms with Gasteiger partial charge in [-0.2, -0.15) is 0 Å². The number of benzene rings is 1. The van der Waals surface area contributed by atoms with E-state index in [4.69, 9.17) is 11.6 Å². The summed E-state index contributed by atoms with van der Waals surface area (Å²) in [5, 5.41) is 0.508. The van der Waals surface area contributed by atoms with Crippen LogP contribution in [-0.4, -0.2) is 25.8 Å². The van der Waals surface area contributed by atoms with E-state index in [0.29, 0.717) is 11.2 Å². The fraction of sp³-hybridized carbons (Fsp3) is 0.294. The Morgan fingerprint density at radius 3 is 2.91 bits per heavy atom. The maximum absolute atomic E-state index is 6.16. The molecule has 1 aliphatic rings. The molecule has 112 valence electrons. The van der Waals surface area contributed by atoms with Gasteiger partial charge in [-0.05, 0) is 24.9 Å². The lowest BCUT2D eigenvalue weighted by atomic mass is 10.1. The molecule has 0 radical (unpaired) electrons. The van der Waals surface area contributed by atoms with Gasteiger partial charge in [0.25, 0.3) is 0 Å². The first-order chi connectivity index (χ1) is 10.8. The second-order valence-electron chi connectivity index (χ2n) is 5.70. The topological polar surface area (TPSA) is 33.4 Å². The van der Waals surface area contributed by atoms with Crippen molar-refractivity contribution in [2.75, 3.05) is 6.54 Å². The van der Waals surface area contributed by atoms with Crippen molar-refractivity contribution in [3.63, 3.8) is 0 Å². The highest BCUT2D eigenvalue weighted by molar-refractivity contribution is 6.32. The average molecular weight is 313 g/mol. The molecule has 3 aromatic rings. The van der Waals surface area contributed by atoms with Gasteiger partial charge in [-0.3, -0.25) is 9.30 Å². The maximum atomic E-state index is 6.16. The van der Waals surface area contributed by atoms with Crippen molar-refractivity contribution in [3.05, 3.63) is 65.5 Å². The van der Waals surface area contributed by atoms with E-state index in [1.165, 1.54) is 12.0 Å². The predicted molar refractivity (Wildman–Crippen MR) is 86.8 cm³/mol. The fourth-order valence-corrected chi connectivity index (χ4v) is 3.48. The van der Waals surface area contributed by atoms with Crippen molar-refractivity contribution in [2.45, 2.75) is 25.4 Å². The summed E-state index contributed by atoms with van der Waals surface area (Å²) >= 11 is 6.16. The number of hydrogen-bond acceptors (Lipinski definition) is 3. The van der Waals surface area contributed by atoms with Gasteiger partial charge in [0.15, 0.2) is 5.15 Å². The zero-order valence-electron chi connectivity index (χ0n) is 12.2. The van der Waals surface area contributed by atoms with Gasteiger partial charge in [0.2, 0.25) is 0 Å². The van der Waals surface area contributed by atoms with Crippen LogP contribution < -0.4 is 0 Å². The van der Waals surface area contributed by atoms with Crippen LogP contribution in [0.5, 0.6) is 0 Å². The number of fused-ring (bicyclic) bond motifs is 1.